The van der Waals surface area contributed by atoms with Gasteiger partial charge in [0, 0.05) is 23.9 Å². The summed E-state index contributed by atoms with van der Waals surface area (Å²) >= 11 is 0. The van der Waals surface area contributed by atoms with Crippen molar-refractivity contribution in [1.82, 2.24) is 10.2 Å². The Morgan fingerprint density at radius 1 is 1.05 bits per heavy atom. The first kappa shape index (κ1) is 13.2. The maximum absolute atomic E-state index is 13.1. The van der Waals surface area contributed by atoms with E-state index in [9.17, 15) is 8.78 Å². The summed E-state index contributed by atoms with van der Waals surface area (Å²) in [5.41, 5.74) is 2.08. The molecule has 21 heavy (non-hydrogen) atoms. The van der Waals surface area contributed by atoms with E-state index in [1.165, 1.54) is 18.5 Å². The van der Waals surface area contributed by atoms with Gasteiger partial charge >= 0.3 is 0 Å². The Balaban J connectivity index is 1.75. The Labute approximate surface area is 119 Å². The van der Waals surface area contributed by atoms with Gasteiger partial charge in [-0.2, -0.15) is 0 Å². The largest absolute Gasteiger partial charge is 0.423 e. The molecule has 0 saturated heterocycles. The SMILES string of the molecule is Fc1cc(F)cc(CNc2cccc(-c3nnco3)c2)c1. The number of nitrogens with one attached hydrogen (secondary N) is 1. The minimum Gasteiger partial charge on any atom is -0.423 e. The lowest BCUT2D eigenvalue weighted by molar-refractivity contribution is 0.568. The molecule has 1 aromatic heterocycles. The fraction of sp³-hybridized carbons (Fsp3) is 0.0667. The summed E-state index contributed by atoms with van der Waals surface area (Å²) < 4.78 is 31.3. The molecule has 0 spiro atoms. The molecule has 0 bridgehead atoms. The topological polar surface area (TPSA) is 51.0 Å². The van der Waals surface area contributed by atoms with Crippen LogP contribution in [-0.4, -0.2) is 10.2 Å². The number of rotatable bonds is 4. The third-order valence-electron chi connectivity index (χ3n) is 2.89. The quantitative estimate of drug-likeness (QED) is 0.796. The van der Waals surface area contributed by atoms with Crippen molar-refractivity contribution >= 4 is 5.69 Å². The highest BCUT2D eigenvalue weighted by atomic mass is 19.1. The van der Waals surface area contributed by atoms with Crippen molar-refractivity contribution < 1.29 is 13.2 Å². The molecule has 0 radical (unpaired) electrons. The van der Waals surface area contributed by atoms with Crippen molar-refractivity contribution in [2.75, 3.05) is 5.32 Å². The predicted molar refractivity (Wildman–Crippen MR) is 73.4 cm³/mol. The van der Waals surface area contributed by atoms with Crippen LogP contribution in [0, 0.1) is 11.6 Å². The molecule has 0 aliphatic rings. The molecule has 106 valence electrons. The normalized spacial score (nSPS) is 10.6. The first-order chi connectivity index (χ1) is 10.2. The Morgan fingerprint density at radius 2 is 1.86 bits per heavy atom. The number of hydrogen-bond donors (Lipinski definition) is 1. The molecule has 0 aliphatic carbocycles. The highest BCUT2D eigenvalue weighted by Crippen LogP contribution is 2.21. The van der Waals surface area contributed by atoms with Gasteiger partial charge in [0.05, 0.1) is 0 Å². The van der Waals surface area contributed by atoms with Crippen LogP contribution in [0.15, 0.2) is 53.3 Å². The number of benzene rings is 2. The molecule has 0 saturated carbocycles. The predicted octanol–water partition coefficient (Wildman–Crippen LogP) is 3.63. The van der Waals surface area contributed by atoms with Crippen LogP contribution in [0.25, 0.3) is 11.5 Å². The van der Waals surface area contributed by atoms with Crippen LogP contribution in [0.4, 0.5) is 14.5 Å². The third-order valence-corrected chi connectivity index (χ3v) is 2.89. The van der Waals surface area contributed by atoms with Gasteiger partial charge < -0.3 is 9.73 Å². The molecule has 1 N–H and O–H groups in total. The zero-order valence-electron chi connectivity index (χ0n) is 10.9. The minimum atomic E-state index is -0.591. The highest BCUT2D eigenvalue weighted by Gasteiger charge is 2.05. The van der Waals surface area contributed by atoms with Gasteiger partial charge in [0.1, 0.15) is 11.6 Å². The minimum absolute atomic E-state index is 0.308. The molecular weight excluding hydrogens is 276 g/mol. The molecule has 1 heterocycles. The average Bonchev–Trinajstić information content (AvgIpc) is 2.99. The van der Waals surface area contributed by atoms with Gasteiger partial charge in [-0.15, -0.1) is 10.2 Å². The van der Waals surface area contributed by atoms with Gasteiger partial charge in [-0.25, -0.2) is 8.78 Å². The van der Waals surface area contributed by atoms with Crippen LogP contribution >= 0.6 is 0 Å². The molecular formula is C15H11F2N3O. The Hall–Kier alpha value is -2.76. The average molecular weight is 287 g/mol. The molecule has 0 fully saturated rings. The molecule has 3 rings (SSSR count). The van der Waals surface area contributed by atoms with Gasteiger partial charge in [0.25, 0.3) is 0 Å². The second-order valence-corrected chi connectivity index (χ2v) is 4.46. The summed E-state index contributed by atoms with van der Waals surface area (Å²) in [5, 5.41) is 10.5. The van der Waals surface area contributed by atoms with Crippen molar-refractivity contribution in [1.29, 1.82) is 0 Å². The van der Waals surface area contributed by atoms with Crippen LogP contribution in [0.1, 0.15) is 5.56 Å². The highest BCUT2D eigenvalue weighted by molar-refractivity contribution is 5.60. The molecule has 6 heteroatoms. The van der Waals surface area contributed by atoms with Crippen LogP contribution in [0.3, 0.4) is 0 Å². The third kappa shape index (κ3) is 3.22. The van der Waals surface area contributed by atoms with E-state index in [1.54, 1.807) is 0 Å². The molecule has 3 aromatic rings. The Bertz CT molecular complexity index is 724. The molecule has 0 amide bonds. The zero-order valence-corrected chi connectivity index (χ0v) is 10.9. The van der Waals surface area contributed by atoms with Crippen molar-refractivity contribution in [3.63, 3.8) is 0 Å². The van der Waals surface area contributed by atoms with E-state index < -0.39 is 11.6 Å². The summed E-state index contributed by atoms with van der Waals surface area (Å²) in [4.78, 5) is 0. The number of aromatic nitrogens is 2. The first-order valence-corrected chi connectivity index (χ1v) is 6.26. The van der Waals surface area contributed by atoms with E-state index in [-0.39, 0.29) is 0 Å². The second kappa shape index (κ2) is 5.70. The molecule has 0 aliphatic heterocycles. The Kier molecular flexibility index (Phi) is 3.59. The lowest BCUT2D eigenvalue weighted by Gasteiger charge is -2.08. The van der Waals surface area contributed by atoms with E-state index in [4.69, 9.17) is 4.42 Å². The van der Waals surface area contributed by atoms with Crippen molar-refractivity contribution in [2.45, 2.75) is 6.54 Å². The van der Waals surface area contributed by atoms with Crippen molar-refractivity contribution in [3.05, 3.63) is 66.1 Å². The van der Waals surface area contributed by atoms with Gasteiger partial charge in [0.2, 0.25) is 12.3 Å². The summed E-state index contributed by atoms with van der Waals surface area (Å²) in [6, 6.07) is 10.8. The van der Waals surface area contributed by atoms with Crippen LogP contribution in [0.5, 0.6) is 0 Å². The summed E-state index contributed by atoms with van der Waals surface area (Å²) in [7, 11) is 0. The smallest absolute Gasteiger partial charge is 0.247 e. The lowest BCUT2D eigenvalue weighted by Crippen LogP contribution is -2.00. The van der Waals surface area contributed by atoms with Crippen LogP contribution < -0.4 is 5.32 Å². The van der Waals surface area contributed by atoms with Gasteiger partial charge in [-0.05, 0) is 35.9 Å². The maximum Gasteiger partial charge on any atom is 0.247 e. The number of halogens is 2. The van der Waals surface area contributed by atoms with E-state index >= 15 is 0 Å². The number of nitrogens with zero attached hydrogens (tertiary/aromatic N) is 2. The van der Waals surface area contributed by atoms with Crippen molar-refractivity contribution in [2.24, 2.45) is 0 Å². The monoisotopic (exact) mass is 287 g/mol. The van der Waals surface area contributed by atoms with Crippen molar-refractivity contribution in [3.8, 4) is 11.5 Å². The molecule has 0 unspecified atom stereocenters. The first-order valence-electron chi connectivity index (χ1n) is 6.26. The lowest BCUT2D eigenvalue weighted by atomic mass is 10.1. The Morgan fingerprint density at radius 3 is 2.57 bits per heavy atom. The molecule has 4 nitrogen and oxygen atoms in total. The van der Waals surface area contributed by atoms with E-state index in [0.717, 1.165) is 17.3 Å². The van der Waals surface area contributed by atoms with E-state index in [1.807, 2.05) is 24.3 Å². The fourth-order valence-corrected chi connectivity index (χ4v) is 1.98. The summed E-state index contributed by atoms with van der Waals surface area (Å²) in [6.45, 7) is 0.308. The number of hydrogen-bond acceptors (Lipinski definition) is 4. The van der Waals surface area contributed by atoms with Gasteiger partial charge in [-0.3, -0.25) is 0 Å². The standard InChI is InChI=1S/C15H11F2N3O/c16-12-4-10(5-13(17)7-12)8-18-14-3-1-2-11(6-14)15-20-19-9-21-15/h1-7,9,18H,8H2. The summed E-state index contributed by atoms with van der Waals surface area (Å²) in [6.07, 6.45) is 1.25. The number of anilines is 1. The van der Waals surface area contributed by atoms with Gasteiger partial charge in [-0.1, -0.05) is 6.07 Å². The maximum atomic E-state index is 13.1. The van der Waals surface area contributed by atoms with E-state index in [0.29, 0.717) is 18.0 Å². The van der Waals surface area contributed by atoms with Crippen LogP contribution in [-0.2, 0) is 6.54 Å². The van der Waals surface area contributed by atoms with Crippen LogP contribution in [0.2, 0.25) is 0 Å². The molecule has 0 atom stereocenters. The molecule has 2 aromatic carbocycles. The fourth-order valence-electron chi connectivity index (χ4n) is 1.98. The zero-order chi connectivity index (χ0) is 14.7. The second-order valence-electron chi connectivity index (χ2n) is 4.46. The summed E-state index contributed by atoms with van der Waals surface area (Å²) in [5.74, 6) is -0.770. The van der Waals surface area contributed by atoms with E-state index in [2.05, 4.69) is 15.5 Å². The van der Waals surface area contributed by atoms with Gasteiger partial charge in [0.15, 0.2) is 0 Å².